The molecule has 2 aliphatic rings. The number of carbonyl (C=O) groups excluding carboxylic acids is 3. The molecule has 1 saturated heterocycles. The fourth-order valence-electron chi connectivity index (χ4n) is 3.58. The summed E-state index contributed by atoms with van der Waals surface area (Å²) in [6.07, 6.45) is 3.48. The zero-order valence-corrected chi connectivity index (χ0v) is 14.9. The van der Waals surface area contributed by atoms with Gasteiger partial charge in [0.1, 0.15) is 12.1 Å². The van der Waals surface area contributed by atoms with Crippen molar-refractivity contribution in [1.29, 1.82) is 0 Å². The summed E-state index contributed by atoms with van der Waals surface area (Å²) in [6.45, 7) is 1.67. The maximum absolute atomic E-state index is 12.8. The molecule has 2 unspecified atom stereocenters. The maximum atomic E-state index is 12.8. The lowest BCUT2D eigenvalue weighted by atomic mass is 9.73. The van der Waals surface area contributed by atoms with E-state index in [1.54, 1.807) is 24.3 Å². The first-order chi connectivity index (χ1) is 11.4. The minimum Gasteiger partial charge on any atom is -0.397 e. The molecule has 4 N–H and O–H groups in total. The first-order valence-corrected chi connectivity index (χ1v) is 8.22. The van der Waals surface area contributed by atoms with Gasteiger partial charge in [0.2, 0.25) is 5.91 Å². The Hall–Kier alpha value is -2.28. The van der Waals surface area contributed by atoms with E-state index in [0.717, 1.165) is 24.2 Å². The number of benzene rings is 1. The van der Waals surface area contributed by atoms with Crippen molar-refractivity contribution in [3.63, 3.8) is 0 Å². The molecule has 136 valence electrons. The molecule has 0 aromatic heterocycles. The first-order valence-electron chi connectivity index (χ1n) is 8.22. The summed E-state index contributed by atoms with van der Waals surface area (Å²) in [7, 11) is 0. The molecule has 8 heteroatoms. The average molecular weight is 367 g/mol. The van der Waals surface area contributed by atoms with Crippen LogP contribution in [0.15, 0.2) is 24.3 Å². The van der Waals surface area contributed by atoms with Crippen molar-refractivity contribution < 1.29 is 14.4 Å². The van der Waals surface area contributed by atoms with E-state index in [0.29, 0.717) is 17.8 Å². The van der Waals surface area contributed by atoms with Gasteiger partial charge < -0.3 is 16.4 Å². The monoisotopic (exact) mass is 366 g/mol. The molecule has 0 radical (unpaired) electrons. The Labute approximate surface area is 152 Å². The summed E-state index contributed by atoms with van der Waals surface area (Å²) in [6, 6.07) is 6.35. The van der Waals surface area contributed by atoms with Crippen LogP contribution in [0.3, 0.4) is 0 Å². The second kappa shape index (κ2) is 7.31. The number of anilines is 2. The van der Waals surface area contributed by atoms with Crippen LogP contribution in [0, 0.1) is 5.92 Å². The molecule has 2 fully saturated rings. The van der Waals surface area contributed by atoms with Gasteiger partial charge in [-0.1, -0.05) is 31.9 Å². The molecule has 3 rings (SSSR count). The van der Waals surface area contributed by atoms with Crippen molar-refractivity contribution in [2.75, 3.05) is 17.6 Å². The van der Waals surface area contributed by atoms with E-state index in [2.05, 4.69) is 10.6 Å². The zero-order valence-electron chi connectivity index (χ0n) is 14.1. The molecule has 1 heterocycles. The Morgan fingerprint density at radius 3 is 2.76 bits per heavy atom. The summed E-state index contributed by atoms with van der Waals surface area (Å²) in [4.78, 5) is 38.3. The molecule has 0 bridgehead atoms. The molecule has 1 aromatic carbocycles. The first kappa shape index (κ1) is 19.1. The predicted molar refractivity (Wildman–Crippen MR) is 97.3 cm³/mol. The fourth-order valence-corrected chi connectivity index (χ4v) is 3.58. The molecule has 1 spiro atoms. The minimum absolute atomic E-state index is 0. The standard InChI is InChI=1S/C17H22N4O3.ClH/c1-11-6-4-5-9-17(11)15(23)21(16(24)20-17)10-14(22)19-13-8-3-2-7-12(13)18;/h2-3,7-8,11H,4-6,9-10,18H2,1H3,(H,19,22)(H,20,24);1H. The molecule has 1 aliphatic carbocycles. The quantitative estimate of drug-likeness (QED) is 0.563. The average Bonchev–Trinajstić information content (AvgIpc) is 2.78. The lowest BCUT2D eigenvalue weighted by Gasteiger charge is -2.36. The van der Waals surface area contributed by atoms with Gasteiger partial charge in [0.15, 0.2) is 0 Å². The summed E-state index contributed by atoms with van der Waals surface area (Å²) in [5.41, 5.74) is 5.84. The van der Waals surface area contributed by atoms with Gasteiger partial charge in [0, 0.05) is 0 Å². The number of hydrogen-bond donors (Lipinski definition) is 3. The predicted octanol–water partition coefficient (Wildman–Crippen LogP) is 2.13. The Kier molecular flexibility index (Phi) is 5.57. The number of urea groups is 1. The number of imide groups is 1. The minimum atomic E-state index is -0.846. The van der Waals surface area contributed by atoms with Gasteiger partial charge >= 0.3 is 6.03 Å². The Bertz CT molecular complexity index is 696. The fraction of sp³-hybridized carbons (Fsp3) is 0.471. The van der Waals surface area contributed by atoms with Crippen LogP contribution in [0.1, 0.15) is 32.6 Å². The number of rotatable bonds is 3. The second-order valence-corrected chi connectivity index (χ2v) is 6.58. The summed E-state index contributed by atoms with van der Waals surface area (Å²) >= 11 is 0. The van der Waals surface area contributed by atoms with Gasteiger partial charge in [-0.25, -0.2) is 4.79 Å². The van der Waals surface area contributed by atoms with Crippen LogP contribution in [0.2, 0.25) is 0 Å². The normalized spacial score (nSPS) is 25.5. The highest BCUT2D eigenvalue weighted by Gasteiger charge is 2.55. The number of nitrogens with zero attached hydrogens (tertiary/aromatic N) is 1. The van der Waals surface area contributed by atoms with Gasteiger partial charge in [-0.15, -0.1) is 12.4 Å². The number of amides is 4. The lowest BCUT2D eigenvalue weighted by Crippen LogP contribution is -2.54. The second-order valence-electron chi connectivity index (χ2n) is 6.58. The zero-order chi connectivity index (χ0) is 17.3. The van der Waals surface area contributed by atoms with Crippen molar-refractivity contribution in [1.82, 2.24) is 10.2 Å². The highest BCUT2D eigenvalue weighted by molar-refractivity contribution is 6.10. The van der Waals surface area contributed by atoms with E-state index in [9.17, 15) is 14.4 Å². The van der Waals surface area contributed by atoms with Crippen LogP contribution < -0.4 is 16.4 Å². The molecule has 2 atom stereocenters. The van der Waals surface area contributed by atoms with Crippen LogP contribution in [0.5, 0.6) is 0 Å². The number of hydrogen-bond acceptors (Lipinski definition) is 4. The summed E-state index contributed by atoms with van der Waals surface area (Å²) in [5.74, 6) is -0.673. The Balaban J connectivity index is 0.00000225. The molecular weight excluding hydrogens is 344 g/mol. The van der Waals surface area contributed by atoms with Gasteiger partial charge in [-0.2, -0.15) is 0 Å². The molecular formula is C17H23ClN4O3. The van der Waals surface area contributed by atoms with Crippen molar-refractivity contribution in [3.8, 4) is 0 Å². The Morgan fingerprint density at radius 1 is 1.36 bits per heavy atom. The molecule has 7 nitrogen and oxygen atoms in total. The van der Waals surface area contributed by atoms with Crippen LogP contribution >= 0.6 is 12.4 Å². The third-order valence-corrected chi connectivity index (χ3v) is 5.04. The van der Waals surface area contributed by atoms with Crippen LogP contribution in [-0.4, -0.2) is 34.8 Å². The van der Waals surface area contributed by atoms with Crippen LogP contribution in [0.4, 0.5) is 16.2 Å². The molecule has 1 aliphatic heterocycles. The van der Waals surface area contributed by atoms with Crippen LogP contribution in [-0.2, 0) is 9.59 Å². The molecule has 4 amide bonds. The van der Waals surface area contributed by atoms with E-state index >= 15 is 0 Å². The number of nitrogen functional groups attached to an aromatic ring is 1. The summed E-state index contributed by atoms with van der Waals surface area (Å²) in [5, 5.41) is 5.48. The summed E-state index contributed by atoms with van der Waals surface area (Å²) < 4.78 is 0. The third-order valence-electron chi connectivity index (χ3n) is 5.04. The smallest absolute Gasteiger partial charge is 0.325 e. The maximum Gasteiger partial charge on any atom is 0.325 e. The molecule has 1 aromatic rings. The van der Waals surface area contributed by atoms with E-state index in [4.69, 9.17) is 5.73 Å². The van der Waals surface area contributed by atoms with Gasteiger partial charge in [0.25, 0.3) is 5.91 Å². The van der Waals surface area contributed by atoms with Crippen molar-refractivity contribution in [2.24, 2.45) is 5.92 Å². The number of carbonyl (C=O) groups is 3. The SMILES string of the molecule is CC1CCCCC12NC(=O)N(CC(=O)Nc1ccccc1N)C2=O.Cl. The molecule has 1 saturated carbocycles. The Morgan fingerprint density at radius 2 is 2.08 bits per heavy atom. The van der Waals surface area contributed by atoms with Crippen molar-refractivity contribution >= 4 is 41.6 Å². The van der Waals surface area contributed by atoms with E-state index in [1.165, 1.54) is 0 Å². The number of para-hydroxylation sites is 2. The van der Waals surface area contributed by atoms with Gasteiger partial charge in [0.05, 0.1) is 11.4 Å². The van der Waals surface area contributed by atoms with E-state index < -0.39 is 17.5 Å². The van der Waals surface area contributed by atoms with Gasteiger partial charge in [-0.05, 0) is 30.9 Å². The highest BCUT2D eigenvalue weighted by Crippen LogP contribution is 2.38. The number of halogens is 1. The topological polar surface area (TPSA) is 105 Å². The van der Waals surface area contributed by atoms with Crippen molar-refractivity contribution in [2.45, 2.75) is 38.1 Å². The third kappa shape index (κ3) is 3.42. The van der Waals surface area contributed by atoms with Gasteiger partial charge in [-0.3, -0.25) is 14.5 Å². The van der Waals surface area contributed by atoms with Crippen molar-refractivity contribution in [3.05, 3.63) is 24.3 Å². The van der Waals surface area contributed by atoms with E-state index in [1.807, 2.05) is 6.92 Å². The lowest BCUT2D eigenvalue weighted by molar-refractivity contribution is -0.136. The number of nitrogens with two attached hydrogens (primary N) is 1. The molecule has 25 heavy (non-hydrogen) atoms. The highest BCUT2D eigenvalue weighted by atomic mass is 35.5. The largest absolute Gasteiger partial charge is 0.397 e. The number of nitrogens with one attached hydrogen (secondary N) is 2. The van der Waals surface area contributed by atoms with E-state index in [-0.39, 0.29) is 30.8 Å². The van der Waals surface area contributed by atoms with Crippen LogP contribution in [0.25, 0.3) is 0 Å².